The molecular weight excluding hydrogens is 407 g/mol. The van der Waals surface area contributed by atoms with Crippen LogP contribution in [0.5, 0.6) is 0 Å². The van der Waals surface area contributed by atoms with Gasteiger partial charge in [-0.2, -0.15) is 8.42 Å². The molecule has 8 nitrogen and oxygen atoms in total. The predicted molar refractivity (Wildman–Crippen MR) is 91.3 cm³/mol. The Morgan fingerprint density at radius 2 is 1.42 bits per heavy atom. The molecule has 26 heavy (non-hydrogen) atoms. The lowest BCUT2D eigenvalue weighted by molar-refractivity contribution is 0.551. The van der Waals surface area contributed by atoms with E-state index < -0.39 is 41.2 Å². The molecule has 0 bridgehead atoms. The van der Waals surface area contributed by atoms with Crippen molar-refractivity contribution >= 4 is 30.3 Å². The largest absolute Gasteiger partial charge is 0.332 e. The SMILES string of the molecule is CC(NS(=O)(=O)c1ccc(S(=O)(=O)F)cc1)c1cccc(S(N)(=O)=O)c1. The highest BCUT2D eigenvalue weighted by Gasteiger charge is 2.21. The summed E-state index contributed by atoms with van der Waals surface area (Å²) in [6, 6.07) is 8.18. The average Bonchev–Trinajstić information content (AvgIpc) is 2.53. The van der Waals surface area contributed by atoms with Crippen LogP contribution in [0.2, 0.25) is 0 Å². The van der Waals surface area contributed by atoms with Crippen LogP contribution < -0.4 is 9.86 Å². The van der Waals surface area contributed by atoms with Crippen molar-refractivity contribution in [2.45, 2.75) is 27.7 Å². The number of primary sulfonamides is 1. The molecule has 12 heteroatoms. The fourth-order valence-electron chi connectivity index (χ4n) is 2.11. The quantitative estimate of drug-likeness (QED) is 0.666. The molecule has 1 unspecified atom stereocenters. The van der Waals surface area contributed by atoms with E-state index >= 15 is 0 Å². The Bertz CT molecular complexity index is 1130. The molecule has 0 saturated carbocycles. The second-order valence-electron chi connectivity index (χ2n) is 5.37. The number of nitrogens with two attached hydrogens (primary N) is 1. The molecule has 0 radical (unpaired) electrons. The van der Waals surface area contributed by atoms with Gasteiger partial charge < -0.3 is 0 Å². The zero-order valence-corrected chi connectivity index (χ0v) is 15.8. The van der Waals surface area contributed by atoms with Crippen LogP contribution in [0, 0.1) is 0 Å². The number of hydrogen-bond acceptors (Lipinski definition) is 6. The molecule has 142 valence electrons. The van der Waals surface area contributed by atoms with Crippen molar-refractivity contribution in [3.8, 4) is 0 Å². The normalized spacial score (nSPS) is 14.1. The summed E-state index contributed by atoms with van der Waals surface area (Å²) in [5.41, 5.74) is 0.350. The van der Waals surface area contributed by atoms with Crippen LogP contribution >= 0.6 is 0 Å². The van der Waals surface area contributed by atoms with Crippen molar-refractivity contribution in [1.82, 2.24) is 4.72 Å². The van der Waals surface area contributed by atoms with Crippen molar-refractivity contribution in [2.24, 2.45) is 5.14 Å². The van der Waals surface area contributed by atoms with Gasteiger partial charge in [0.25, 0.3) is 0 Å². The predicted octanol–water partition coefficient (Wildman–Crippen LogP) is 1.03. The van der Waals surface area contributed by atoms with Gasteiger partial charge in [-0.15, -0.1) is 3.89 Å². The van der Waals surface area contributed by atoms with E-state index in [1.807, 2.05) is 0 Å². The molecule has 0 saturated heterocycles. The van der Waals surface area contributed by atoms with Crippen molar-refractivity contribution in [3.63, 3.8) is 0 Å². The minimum absolute atomic E-state index is 0.168. The van der Waals surface area contributed by atoms with Gasteiger partial charge >= 0.3 is 10.2 Å². The second kappa shape index (κ2) is 7.04. The van der Waals surface area contributed by atoms with Crippen molar-refractivity contribution in [1.29, 1.82) is 0 Å². The highest BCUT2D eigenvalue weighted by atomic mass is 32.3. The molecule has 2 aromatic rings. The fourth-order valence-corrected chi connectivity index (χ4v) is 4.37. The fraction of sp³-hybridized carbons (Fsp3) is 0.143. The number of halogens is 1. The van der Waals surface area contributed by atoms with Gasteiger partial charge in [-0.1, -0.05) is 12.1 Å². The number of hydrogen-bond donors (Lipinski definition) is 2. The van der Waals surface area contributed by atoms with E-state index in [2.05, 4.69) is 4.72 Å². The van der Waals surface area contributed by atoms with Crippen LogP contribution in [0.15, 0.2) is 63.2 Å². The maximum Gasteiger partial charge on any atom is 0.332 e. The van der Waals surface area contributed by atoms with Gasteiger partial charge in [0, 0.05) is 6.04 Å². The third-order valence-corrected chi connectivity index (χ3v) is 6.74. The lowest BCUT2D eigenvalue weighted by Gasteiger charge is -2.15. The van der Waals surface area contributed by atoms with Crippen molar-refractivity contribution < 1.29 is 29.1 Å². The Balaban J connectivity index is 2.29. The standard InChI is InChI=1S/C14H15FN2O6S3/c1-10(11-3-2-4-14(9-11)25(16,20)21)17-26(22,23)13-7-5-12(6-8-13)24(15,18)19/h2-10,17H,1H3,(H2,16,20,21). The first-order valence-electron chi connectivity index (χ1n) is 7.00. The Hall–Kier alpha value is -1.86. The molecule has 0 aliphatic rings. The van der Waals surface area contributed by atoms with Crippen LogP contribution in [-0.2, 0) is 30.3 Å². The number of rotatable bonds is 6. The van der Waals surface area contributed by atoms with E-state index in [1.165, 1.54) is 31.2 Å². The van der Waals surface area contributed by atoms with Gasteiger partial charge in [0.1, 0.15) is 0 Å². The topological polar surface area (TPSA) is 140 Å². The van der Waals surface area contributed by atoms with E-state index in [0.717, 1.165) is 24.3 Å². The second-order valence-corrected chi connectivity index (χ2v) is 9.99. The van der Waals surface area contributed by atoms with Crippen LogP contribution in [0.4, 0.5) is 3.89 Å². The van der Waals surface area contributed by atoms with Gasteiger partial charge in [0.2, 0.25) is 20.0 Å². The van der Waals surface area contributed by atoms with E-state index in [0.29, 0.717) is 5.56 Å². The highest BCUT2D eigenvalue weighted by molar-refractivity contribution is 7.89. The van der Waals surface area contributed by atoms with Gasteiger partial charge in [-0.3, -0.25) is 0 Å². The van der Waals surface area contributed by atoms with E-state index in [9.17, 15) is 29.1 Å². The summed E-state index contributed by atoms with van der Waals surface area (Å²) in [6.07, 6.45) is 0. The van der Waals surface area contributed by atoms with Crippen LogP contribution in [-0.4, -0.2) is 25.3 Å². The third kappa shape index (κ3) is 4.86. The first-order valence-corrected chi connectivity index (χ1v) is 11.4. The first kappa shape index (κ1) is 20.5. The lowest BCUT2D eigenvalue weighted by atomic mass is 10.1. The Kier molecular flexibility index (Phi) is 5.54. The zero-order valence-electron chi connectivity index (χ0n) is 13.3. The number of benzene rings is 2. The monoisotopic (exact) mass is 422 g/mol. The van der Waals surface area contributed by atoms with Crippen LogP contribution in [0.1, 0.15) is 18.5 Å². The Morgan fingerprint density at radius 3 is 1.92 bits per heavy atom. The lowest BCUT2D eigenvalue weighted by Crippen LogP contribution is -2.27. The molecule has 3 N–H and O–H groups in total. The minimum atomic E-state index is -4.93. The van der Waals surface area contributed by atoms with E-state index in [-0.39, 0.29) is 9.79 Å². The summed E-state index contributed by atoms with van der Waals surface area (Å²) in [4.78, 5) is -1.11. The summed E-state index contributed by atoms with van der Waals surface area (Å²) in [7, 11) is -12.9. The summed E-state index contributed by atoms with van der Waals surface area (Å²) in [6.45, 7) is 1.49. The molecule has 2 aromatic carbocycles. The molecule has 0 heterocycles. The van der Waals surface area contributed by atoms with Crippen molar-refractivity contribution in [3.05, 3.63) is 54.1 Å². The van der Waals surface area contributed by atoms with Gasteiger partial charge in [0.15, 0.2) is 0 Å². The maximum absolute atomic E-state index is 12.9. The number of sulfonamides is 2. The third-order valence-electron chi connectivity index (χ3n) is 3.43. The molecule has 2 rings (SSSR count). The molecule has 0 spiro atoms. The minimum Gasteiger partial charge on any atom is -0.225 e. The maximum atomic E-state index is 12.9. The van der Waals surface area contributed by atoms with Gasteiger partial charge in [-0.25, -0.2) is 26.7 Å². The first-order chi connectivity index (χ1) is 11.8. The molecule has 0 amide bonds. The summed E-state index contributed by atoms with van der Waals surface area (Å²) in [5.74, 6) is 0. The highest BCUT2D eigenvalue weighted by Crippen LogP contribution is 2.21. The molecule has 0 aliphatic carbocycles. The summed E-state index contributed by atoms with van der Waals surface area (Å²) in [5, 5.41) is 5.05. The summed E-state index contributed by atoms with van der Waals surface area (Å²) < 4.78 is 84.2. The molecule has 1 atom stereocenters. The molecule has 0 aliphatic heterocycles. The average molecular weight is 422 g/mol. The number of nitrogens with one attached hydrogen (secondary N) is 1. The Labute approximate surface area is 151 Å². The Morgan fingerprint density at radius 1 is 0.885 bits per heavy atom. The molecular formula is C14H15FN2O6S3. The summed E-state index contributed by atoms with van der Waals surface area (Å²) >= 11 is 0. The van der Waals surface area contributed by atoms with E-state index in [1.54, 1.807) is 0 Å². The van der Waals surface area contributed by atoms with Crippen LogP contribution in [0.25, 0.3) is 0 Å². The smallest absolute Gasteiger partial charge is 0.225 e. The van der Waals surface area contributed by atoms with Crippen molar-refractivity contribution in [2.75, 3.05) is 0 Å². The van der Waals surface area contributed by atoms with E-state index in [4.69, 9.17) is 5.14 Å². The molecule has 0 aromatic heterocycles. The zero-order chi connectivity index (χ0) is 19.8. The molecule has 0 fully saturated rings. The van der Waals surface area contributed by atoms with Gasteiger partial charge in [-0.05, 0) is 48.9 Å². The van der Waals surface area contributed by atoms with Gasteiger partial charge in [0.05, 0.1) is 14.7 Å². The van der Waals surface area contributed by atoms with Crippen LogP contribution in [0.3, 0.4) is 0 Å².